The van der Waals surface area contributed by atoms with E-state index in [1.807, 2.05) is 97.9 Å². The maximum atomic E-state index is 12.4. The Morgan fingerprint density at radius 3 is 1.82 bits per heavy atom. The van der Waals surface area contributed by atoms with Crippen molar-refractivity contribution in [3.63, 3.8) is 0 Å². The minimum Gasteiger partial charge on any atom is -0.469 e. The van der Waals surface area contributed by atoms with Crippen LogP contribution < -0.4 is 10.4 Å². The third-order valence-electron chi connectivity index (χ3n) is 5.93. The monoisotopic (exact) mass is 478 g/mol. The Morgan fingerprint density at radius 2 is 1.32 bits per heavy atom. The van der Waals surface area contributed by atoms with Gasteiger partial charge in [0, 0.05) is 12.0 Å². The summed E-state index contributed by atoms with van der Waals surface area (Å²) in [6, 6.07) is 28.1. The molecule has 1 N–H and O–H groups in total. The fraction of sp³-hybridized carbons (Fsp3) is 0.259. The van der Waals surface area contributed by atoms with E-state index < -0.39 is 26.0 Å². The Labute approximate surface area is 201 Å². The lowest BCUT2D eigenvalue weighted by Crippen LogP contribution is -2.63. The van der Waals surface area contributed by atoms with E-state index in [4.69, 9.17) is 14.2 Å². The Morgan fingerprint density at radius 1 is 0.824 bits per heavy atom. The summed E-state index contributed by atoms with van der Waals surface area (Å²) in [7, 11) is -2.12. The third-order valence-corrected chi connectivity index (χ3v) is 10.2. The predicted molar refractivity (Wildman–Crippen MR) is 132 cm³/mol. The van der Waals surface area contributed by atoms with Gasteiger partial charge in [-0.3, -0.25) is 4.79 Å². The van der Waals surface area contributed by atoms with Crippen molar-refractivity contribution in [1.29, 1.82) is 0 Å². The van der Waals surface area contributed by atoms with E-state index in [0.717, 1.165) is 15.9 Å². The molecule has 0 aliphatic heterocycles. The molecule has 6 nitrogen and oxygen atoms in total. The normalized spacial score (nSPS) is 12.9. The zero-order valence-corrected chi connectivity index (χ0v) is 20.4. The van der Waals surface area contributed by atoms with Crippen LogP contribution in [0.3, 0.4) is 0 Å². The summed E-state index contributed by atoms with van der Waals surface area (Å²) in [6.45, 7) is 1.96. The molecule has 0 fully saturated rings. The Hall–Kier alpha value is -3.42. The second kappa shape index (κ2) is 12.2. The SMILES string of the molecule is COC(=O)C[C@@H]([C@H](C)COC(=O)OCc1ccccc1)[Si](O)(c1ccccc1)c1ccccc1. The molecule has 0 saturated carbocycles. The smallest absolute Gasteiger partial charge is 0.469 e. The molecule has 0 spiro atoms. The highest BCUT2D eigenvalue weighted by Crippen LogP contribution is 2.32. The molecule has 3 rings (SSSR count). The van der Waals surface area contributed by atoms with Crippen LogP contribution in [0.4, 0.5) is 4.79 Å². The average Bonchev–Trinajstić information content (AvgIpc) is 2.90. The number of methoxy groups -OCH3 is 1. The maximum absolute atomic E-state index is 12.4. The van der Waals surface area contributed by atoms with Crippen molar-refractivity contribution in [2.75, 3.05) is 13.7 Å². The number of hydrogen-bond donors (Lipinski definition) is 1. The van der Waals surface area contributed by atoms with E-state index in [1.165, 1.54) is 7.11 Å². The van der Waals surface area contributed by atoms with Crippen molar-refractivity contribution in [3.05, 3.63) is 96.6 Å². The minimum absolute atomic E-state index is 0.00734. The number of carbonyl (C=O) groups is 2. The third kappa shape index (κ3) is 6.33. The predicted octanol–water partition coefficient (Wildman–Crippen LogP) is 3.66. The fourth-order valence-corrected chi connectivity index (χ4v) is 8.05. The quantitative estimate of drug-likeness (QED) is 0.354. The molecule has 0 aliphatic rings. The van der Waals surface area contributed by atoms with Gasteiger partial charge in [-0.15, -0.1) is 0 Å². The minimum atomic E-state index is -3.45. The van der Waals surface area contributed by atoms with E-state index in [9.17, 15) is 14.4 Å². The second-order valence-corrected chi connectivity index (χ2v) is 11.6. The molecule has 0 bridgehead atoms. The summed E-state index contributed by atoms with van der Waals surface area (Å²) in [5.74, 6) is -0.776. The molecule has 0 aliphatic carbocycles. The molecular weight excluding hydrogens is 448 g/mol. The van der Waals surface area contributed by atoms with Crippen molar-refractivity contribution in [2.24, 2.45) is 5.92 Å². The highest BCUT2D eigenvalue weighted by Gasteiger charge is 2.47. The molecular formula is C27H30O6Si. The lowest BCUT2D eigenvalue weighted by molar-refractivity contribution is -0.141. The summed E-state index contributed by atoms with van der Waals surface area (Å²) in [5.41, 5.74) is 0.345. The van der Waals surface area contributed by atoms with Crippen LogP contribution in [0, 0.1) is 5.92 Å². The van der Waals surface area contributed by atoms with Gasteiger partial charge in [0.2, 0.25) is 0 Å². The molecule has 0 unspecified atom stereocenters. The molecule has 7 heteroatoms. The molecule has 2 atom stereocenters. The van der Waals surface area contributed by atoms with E-state index in [1.54, 1.807) is 0 Å². The number of benzene rings is 3. The standard InChI is InChI=1S/C27H30O6Si/c1-21(19-32-27(29)33-20-22-12-6-3-7-13-22)25(18-26(28)31-2)34(30,23-14-8-4-9-15-23)24-16-10-5-11-17-24/h3-17,21,25,30H,18-20H2,1-2H3/t21-,25+/m1/s1. The molecule has 0 amide bonds. The van der Waals surface area contributed by atoms with Crippen LogP contribution in [-0.4, -0.2) is 39.0 Å². The summed E-state index contributed by atoms with van der Waals surface area (Å²) >= 11 is 0. The van der Waals surface area contributed by atoms with E-state index in [-0.39, 0.29) is 25.6 Å². The van der Waals surface area contributed by atoms with Crippen molar-refractivity contribution in [1.82, 2.24) is 0 Å². The molecule has 0 radical (unpaired) electrons. The van der Waals surface area contributed by atoms with Crippen LogP contribution in [0.2, 0.25) is 5.54 Å². The van der Waals surface area contributed by atoms with Gasteiger partial charge >= 0.3 is 12.1 Å². The first kappa shape index (κ1) is 25.2. The molecule has 0 aromatic heterocycles. The molecule has 178 valence electrons. The summed E-state index contributed by atoms with van der Waals surface area (Å²) in [5, 5.41) is 1.54. The van der Waals surface area contributed by atoms with Crippen LogP contribution in [0.5, 0.6) is 0 Å². The van der Waals surface area contributed by atoms with Gasteiger partial charge in [0.25, 0.3) is 8.32 Å². The van der Waals surface area contributed by atoms with Crippen molar-refractivity contribution < 1.29 is 28.6 Å². The number of carbonyl (C=O) groups excluding carboxylic acids is 2. The topological polar surface area (TPSA) is 82.1 Å². The molecule has 0 saturated heterocycles. The van der Waals surface area contributed by atoms with E-state index in [2.05, 4.69) is 0 Å². The first-order valence-electron chi connectivity index (χ1n) is 11.2. The Balaban J connectivity index is 1.82. The molecule has 0 heterocycles. The van der Waals surface area contributed by atoms with Crippen LogP contribution in [0.15, 0.2) is 91.0 Å². The molecule has 34 heavy (non-hydrogen) atoms. The van der Waals surface area contributed by atoms with Gasteiger partial charge in [-0.1, -0.05) is 97.9 Å². The first-order chi connectivity index (χ1) is 16.4. The second-order valence-electron chi connectivity index (χ2n) is 8.20. The maximum Gasteiger partial charge on any atom is 0.508 e. The number of ether oxygens (including phenoxy) is 3. The van der Waals surface area contributed by atoms with Crippen molar-refractivity contribution >= 4 is 30.8 Å². The zero-order chi connectivity index (χ0) is 24.4. The Kier molecular flexibility index (Phi) is 9.01. The van der Waals surface area contributed by atoms with Gasteiger partial charge in [0.1, 0.15) is 6.61 Å². The van der Waals surface area contributed by atoms with Gasteiger partial charge in [-0.25, -0.2) is 4.79 Å². The van der Waals surface area contributed by atoms with Crippen molar-refractivity contribution in [2.45, 2.75) is 25.5 Å². The van der Waals surface area contributed by atoms with Crippen LogP contribution >= 0.6 is 0 Å². The average molecular weight is 479 g/mol. The zero-order valence-electron chi connectivity index (χ0n) is 19.4. The van der Waals surface area contributed by atoms with E-state index >= 15 is 0 Å². The van der Waals surface area contributed by atoms with Crippen LogP contribution in [0.25, 0.3) is 0 Å². The van der Waals surface area contributed by atoms with Crippen molar-refractivity contribution in [3.8, 4) is 0 Å². The van der Waals surface area contributed by atoms with Gasteiger partial charge < -0.3 is 19.0 Å². The number of hydrogen-bond acceptors (Lipinski definition) is 6. The lowest BCUT2D eigenvalue weighted by Gasteiger charge is -2.37. The van der Waals surface area contributed by atoms with Gasteiger partial charge in [-0.05, 0) is 21.9 Å². The lowest BCUT2D eigenvalue weighted by atomic mass is 10.1. The van der Waals surface area contributed by atoms with E-state index in [0.29, 0.717) is 0 Å². The van der Waals surface area contributed by atoms with Gasteiger partial charge in [0.05, 0.1) is 13.7 Å². The fourth-order valence-electron chi connectivity index (χ4n) is 4.08. The van der Waals surface area contributed by atoms with Crippen LogP contribution in [-0.2, 0) is 25.6 Å². The number of esters is 1. The highest BCUT2D eigenvalue weighted by molar-refractivity contribution is 6.97. The van der Waals surface area contributed by atoms with Crippen LogP contribution in [0.1, 0.15) is 18.9 Å². The Bertz CT molecular complexity index is 1000. The first-order valence-corrected chi connectivity index (χ1v) is 13.2. The van der Waals surface area contributed by atoms with Gasteiger partial charge in [-0.2, -0.15) is 0 Å². The highest BCUT2D eigenvalue weighted by atomic mass is 28.4. The largest absolute Gasteiger partial charge is 0.508 e. The molecule has 3 aromatic rings. The van der Waals surface area contributed by atoms with Gasteiger partial charge in [0.15, 0.2) is 0 Å². The summed E-state index contributed by atoms with van der Waals surface area (Å²) in [4.78, 5) is 36.9. The summed E-state index contributed by atoms with van der Waals surface area (Å²) < 4.78 is 15.5. The molecule has 3 aromatic carbocycles. The summed E-state index contributed by atoms with van der Waals surface area (Å²) in [6.07, 6.45) is -0.802. The number of rotatable bonds is 10.